The highest BCUT2D eigenvalue weighted by Gasteiger charge is 2.35. The molecule has 7 nitrogen and oxygen atoms in total. The number of carboxylic acids is 1. The minimum atomic E-state index is -0.893. The molecule has 1 amide bonds. The van der Waals surface area contributed by atoms with Gasteiger partial charge in [0, 0.05) is 30.3 Å². The maximum Gasteiger partial charge on any atom is 0.307 e. The van der Waals surface area contributed by atoms with Crippen molar-refractivity contribution in [3.8, 4) is 0 Å². The fourth-order valence-electron chi connectivity index (χ4n) is 4.35. The van der Waals surface area contributed by atoms with Crippen LogP contribution in [0.3, 0.4) is 0 Å². The van der Waals surface area contributed by atoms with E-state index in [-0.39, 0.29) is 12.3 Å². The lowest BCUT2D eigenvalue weighted by Gasteiger charge is -2.19. The van der Waals surface area contributed by atoms with Crippen molar-refractivity contribution in [3.63, 3.8) is 0 Å². The number of anilines is 1. The SMILES string of the molecule is CN(C)CCN(C)Cc1ccc(N=C(c2ccc(CC(=O)O)cc2)C2C(=O)Nc3cc(Cl)ccc32)cc1. The molecule has 0 spiro atoms. The first-order chi connectivity index (χ1) is 17.7. The molecule has 0 radical (unpaired) electrons. The third-order valence-electron chi connectivity index (χ3n) is 6.29. The maximum absolute atomic E-state index is 13.1. The number of hydrogen-bond donors (Lipinski definition) is 2. The molecule has 0 saturated heterocycles. The maximum atomic E-state index is 13.1. The smallest absolute Gasteiger partial charge is 0.307 e. The van der Waals surface area contributed by atoms with Crippen molar-refractivity contribution in [2.45, 2.75) is 18.9 Å². The van der Waals surface area contributed by atoms with Gasteiger partial charge in [-0.1, -0.05) is 54.1 Å². The summed E-state index contributed by atoms with van der Waals surface area (Å²) in [4.78, 5) is 33.6. The Kier molecular flexibility index (Phi) is 8.38. The second-order valence-corrected chi connectivity index (χ2v) is 10.1. The van der Waals surface area contributed by atoms with E-state index >= 15 is 0 Å². The molecular formula is C29H31ClN4O3. The van der Waals surface area contributed by atoms with Crippen molar-refractivity contribution < 1.29 is 14.7 Å². The van der Waals surface area contributed by atoms with Gasteiger partial charge >= 0.3 is 5.97 Å². The van der Waals surface area contributed by atoms with E-state index in [1.165, 1.54) is 5.56 Å². The van der Waals surface area contributed by atoms with Crippen LogP contribution in [0.4, 0.5) is 11.4 Å². The molecule has 8 heteroatoms. The van der Waals surface area contributed by atoms with Crippen LogP contribution >= 0.6 is 11.6 Å². The number of benzene rings is 3. The van der Waals surface area contributed by atoms with E-state index in [2.05, 4.69) is 48.4 Å². The van der Waals surface area contributed by atoms with Gasteiger partial charge in [0.15, 0.2) is 0 Å². The second-order valence-electron chi connectivity index (χ2n) is 9.63. The third-order valence-corrected chi connectivity index (χ3v) is 6.53. The van der Waals surface area contributed by atoms with Crippen LogP contribution < -0.4 is 5.32 Å². The molecule has 0 fully saturated rings. The molecule has 192 valence electrons. The van der Waals surface area contributed by atoms with Gasteiger partial charge in [0.2, 0.25) is 5.91 Å². The number of hydrogen-bond acceptors (Lipinski definition) is 5. The summed E-state index contributed by atoms with van der Waals surface area (Å²) in [5.74, 6) is -1.69. The summed E-state index contributed by atoms with van der Waals surface area (Å²) in [6, 6.07) is 20.6. The van der Waals surface area contributed by atoms with Gasteiger partial charge in [-0.05, 0) is 67.7 Å². The molecule has 0 bridgehead atoms. The van der Waals surface area contributed by atoms with Gasteiger partial charge in [-0.3, -0.25) is 14.6 Å². The number of carbonyl (C=O) groups is 2. The van der Waals surface area contributed by atoms with Crippen molar-refractivity contribution in [2.75, 3.05) is 39.5 Å². The lowest BCUT2D eigenvalue weighted by molar-refractivity contribution is -0.136. The summed E-state index contributed by atoms with van der Waals surface area (Å²) < 4.78 is 0. The number of halogens is 1. The number of nitrogens with one attached hydrogen (secondary N) is 1. The average Bonchev–Trinajstić information content (AvgIpc) is 3.17. The molecule has 0 aromatic heterocycles. The van der Waals surface area contributed by atoms with Crippen LogP contribution in [0.5, 0.6) is 0 Å². The zero-order chi connectivity index (χ0) is 26.5. The lowest BCUT2D eigenvalue weighted by atomic mass is 9.90. The molecule has 1 unspecified atom stereocenters. The monoisotopic (exact) mass is 518 g/mol. The van der Waals surface area contributed by atoms with E-state index in [1.54, 1.807) is 24.3 Å². The van der Waals surface area contributed by atoms with E-state index < -0.39 is 11.9 Å². The summed E-state index contributed by atoms with van der Waals surface area (Å²) in [7, 11) is 6.23. The molecule has 37 heavy (non-hydrogen) atoms. The van der Waals surface area contributed by atoms with Crippen LogP contribution in [0.1, 0.15) is 28.2 Å². The van der Waals surface area contributed by atoms with Gasteiger partial charge < -0.3 is 20.2 Å². The van der Waals surface area contributed by atoms with E-state index in [9.17, 15) is 9.59 Å². The number of aliphatic carboxylic acids is 1. The molecule has 0 saturated carbocycles. The number of nitrogens with zero attached hydrogens (tertiary/aromatic N) is 3. The summed E-state index contributed by atoms with van der Waals surface area (Å²) in [5, 5.41) is 12.6. The predicted molar refractivity (Wildman–Crippen MR) is 148 cm³/mol. The van der Waals surface area contributed by atoms with Gasteiger partial charge in [-0.2, -0.15) is 0 Å². The first-order valence-electron chi connectivity index (χ1n) is 12.1. The number of amides is 1. The fraction of sp³-hybridized carbons (Fsp3) is 0.276. The van der Waals surface area contributed by atoms with Crippen molar-refractivity contribution in [3.05, 3.63) is 94.0 Å². The third kappa shape index (κ3) is 6.83. The molecule has 1 heterocycles. The Labute approximate surface area is 222 Å². The quantitative estimate of drug-likeness (QED) is 0.376. The molecule has 1 aliphatic heterocycles. The van der Waals surface area contributed by atoms with Crippen molar-refractivity contribution in [1.29, 1.82) is 0 Å². The summed E-state index contributed by atoms with van der Waals surface area (Å²) >= 11 is 6.15. The zero-order valence-electron chi connectivity index (χ0n) is 21.2. The highest BCUT2D eigenvalue weighted by Crippen LogP contribution is 2.37. The van der Waals surface area contributed by atoms with Crippen LogP contribution in [-0.2, 0) is 22.6 Å². The van der Waals surface area contributed by atoms with Crippen LogP contribution in [0, 0.1) is 0 Å². The van der Waals surface area contributed by atoms with E-state index in [0.717, 1.165) is 36.4 Å². The van der Waals surface area contributed by atoms with Crippen LogP contribution in [-0.4, -0.2) is 66.7 Å². The van der Waals surface area contributed by atoms with Crippen molar-refractivity contribution >= 4 is 40.6 Å². The van der Waals surface area contributed by atoms with E-state index in [0.29, 0.717) is 22.0 Å². The summed E-state index contributed by atoms with van der Waals surface area (Å²) in [6.07, 6.45) is -0.0670. The number of carboxylic acid groups (broad SMARTS) is 1. The van der Waals surface area contributed by atoms with Gasteiger partial charge in [0.1, 0.15) is 5.92 Å². The molecule has 2 N–H and O–H groups in total. The minimum Gasteiger partial charge on any atom is -0.481 e. The van der Waals surface area contributed by atoms with Gasteiger partial charge in [-0.25, -0.2) is 0 Å². The second kappa shape index (κ2) is 11.7. The van der Waals surface area contributed by atoms with Gasteiger partial charge in [0.05, 0.1) is 17.8 Å². The number of rotatable bonds is 10. The number of carbonyl (C=O) groups excluding carboxylic acids is 1. The standard InChI is InChI=1S/C29H31ClN4O3/c1-33(2)14-15-34(3)18-20-6-11-23(12-7-20)31-28(21-8-4-19(5-9-21)16-26(35)36)27-24-13-10-22(30)17-25(24)32-29(27)37/h4-13,17,27H,14-16,18H2,1-3H3,(H,32,37)(H,35,36). The minimum absolute atomic E-state index is 0.0670. The molecule has 1 atom stereocenters. The normalized spacial score (nSPS) is 15.2. The Balaban J connectivity index is 1.66. The number of fused-ring (bicyclic) bond motifs is 1. The van der Waals surface area contributed by atoms with Crippen molar-refractivity contribution in [2.24, 2.45) is 4.99 Å². The average molecular weight is 519 g/mol. The molecular weight excluding hydrogens is 488 g/mol. The lowest BCUT2D eigenvalue weighted by Crippen LogP contribution is -2.28. The molecule has 4 rings (SSSR count). The van der Waals surface area contributed by atoms with Gasteiger partial charge in [0.25, 0.3) is 0 Å². The molecule has 1 aliphatic rings. The first-order valence-corrected chi connectivity index (χ1v) is 12.5. The van der Waals surface area contributed by atoms with E-state index in [4.69, 9.17) is 21.7 Å². The Morgan fingerprint density at radius 1 is 0.973 bits per heavy atom. The first kappa shape index (κ1) is 26.5. The Morgan fingerprint density at radius 3 is 2.30 bits per heavy atom. The Hall–Kier alpha value is -3.52. The van der Waals surface area contributed by atoms with Crippen molar-refractivity contribution in [1.82, 2.24) is 9.80 Å². The fourth-order valence-corrected chi connectivity index (χ4v) is 4.52. The molecule has 0 aliphatic carbocycles. The van der Waals surface area contributed by atoms with Gasteiger partial charge in [-0.15, -0.1) is 0 Å². The molecule has 3 aromatic carbocycles. The number of aliphatic imine (C=N–C) groups is 1. The van der Waals surface area contributed by atoms with Crippen LogP contribution in [0.2, 0.25) is 5.02 Å². The Bertz CT molecular complexity index is 1300. The topological polar surface area (TPSA) is 85.2 Å². The zero-order valence-corrected chi connectivity index (χ0v) is 22.0. The highest BCUT2D eigenvalue weighted by molar-refractivity contribution is 6.31. The van der Waals surface area contributed by atoms with Crippen LogP contribution in [0.15, 0.2) is 71.7 Å². The summed E-state index contributed by atoms with van der Waals surface area (Å²) in [6.45, 7) is 2.79. The van der Waals surface area contributed by atoms with Crippen LogP contribution in [0.25, 0.3) is 0 Å². The molecule has 3 aromatic rings. The summed E-state index contributed by atoms with van der Waals surface area (Å²) in [5.41, 5.74) is 5.43. The highest BCUT2D eigenvalue weighted by atomic mass is 35.5. The Morgan fingerprint density at radius 2 is 1.65 bits per heavy atom. The van der Waals surface area contributed by atoms with E-state index in [1.807, 2.05) is 30.3 Å². The largest absolute Gasteiger partial charge is 0.481 e. The number of likely N-dealkylation sites (N-methyl/N-ethyl adjacent to an activating group) is 2. The predicted octanol–water partition coefficient (Wildman–Crippen LogP) is 4.82.